The molecular weight excluding hydrogens is 422 g/mol. The van der Waals surface area contributed by atoms with Crippen LogP contribution in [0.2, 0.25) is 5.02 Å². The van der Waals surface area contributed by atoms with Crippen molar-refractivity contribution in [2.45, 2.75) is 24.3 Å². The summed E-state index contributed by atoms with van der Waals surface area (Å²) in [4.78, 5) is 13.8. The minimum absolute atomic E-state index is 0.00635. The van der Waals surface area contributed by atoms with Crippen LogP contribution in [-0.2, 0) is 10.2 Å². The van der Waals surface area contributed by atoms with Crippen molar-refractivity contribution >= 4 is 34.8 Å². The second kappa shape index (κ2) is 7.52. The Balaban J connectivity index is 1.73. The molecule has 1 aliphatic carbocycles. The first-order chi connectivity index (χ1) is 14.5. The monoisotopic (exact) mass is 442 g/mol. The molecule has 0 bridgehead atoms. The molecule has 2 aliphatic heterocycles. The van der Waals surface area contributed by atoms with E-state index in [2.05, 4.69) is 22.8 Å². The molecule has 0 aromatic heterocycles. The molecule has 5 rings (SSSR count). The van der Waals surface area contributed by atoms with Crippen molar-refractivity contribution < 1.29 is 9.18 Å². The fraction of sp³-hybridized carbons (Fsp3) is 0.292. The van der Waals surface area contributed by atoms with Gasteiger partial charge in [0, 0.05) is 15.7 Å². The molecule has 1 amide bonds. The Morgan fingerprint density at radius 1 is 1.13 bits per heavy atom. The van der Waals surface area contributed by atoms with Crippen molar-refractivity contribution in [3.63, 3.8) is 0 Å². The lowest BCUT2D eigenvalue weighted by Gasteiger charge is -2.49. The van der Waals surface area contributed by atoms with Crippen LogP contribution in [0.15, 0.2) is 65.7 Å². The van der Waals surface area contributed by atoms with Gasteiger partial charge in [0.25, 0.3) is 0 Å². The van der Waals surface area contributed by atoms with Gasteiger partial charge in [0.2, 0.25) is 5.91 Å². The quantitative estimate of drug-likeness (QED) is 0.624. The summed E-state index contributed by atoms with van der Waals surface area (Å²) in [5, 5.41) is 7.85. The highest BCUT2D eigenvalue weighted by molar-refractivity contribution is 6.31. The van der Waals surface area contributed by atoms with Gasteiger partial charge >= 0.3 is 0 Å². The van der Waals surface area contributed by atoms with Crippen molar-refractivity contribution in [3.8, 4) is 0 Å². The van der Waals surface area contributed by atoms with Gasteiger partial charge in [-0.2, -0.15) is 0 Å². The third-order valence-electron chi connectivity index (χ3n) is 6.65. The minimum Gasteiger partial charge on any atom is -0.325 e. The Bertz CT molecular complexity index is 1080. The molecule has 2 heterocycles. The van der Waals surface area contributed by atoms with Gasteiger partial charge in [-0.3, -0.25) is 4.79 Å². The van der Waals surface area contributed by atoms with E-state index < -0.39 is 5.41 Å². The normalized spacial score (nSPS) is 30.2. The van der Waals surface area contributed by atoms with E-state index in [1.807, 2.05) is 24.3 Å². The number of nitrogens with one attached hydrogen (secondary N) is 2. The SMILES string of the molecule is O=C1Nc2cc(Cl)ccc2[C@]12[C@H](c1cccc(F)c1)NCC[C@H]2C1C=C(Cl)C=CC1. The summed E-state index contributed by atoms with van der Waals surface area (Å²) in [5.74, 6) is -0.295. The van der Waals surface area contributed by atoms with Gasteiger partial charge in [-0.1, -0.05) is 53.6 Å². The number of carbonyl (C=O) groups is 1. The summed E-state index contributed by atoms with van der Waals surface area (Å²) in [6.07, 6.45) is 7.65. The fourth-order valence-electron chi connectivity index (χ4n) is 5.53. The molecule has 0 saturated carbocycles. The van der Waals surface area contributed by atoms with Crippen molar-refractivity contribution in [2.75, 3.05) is 11.9 Å². The largest absolute Gasteiger partial charge is 0.325 e. The molecule has 0 radical (unpaired) electrons. The van der Waals surface area contributed by atoms with Crippen molar-refractivity contribution in [2.24, 2.45) is 11.8 Å². The van der Waals surface area contributed by atoms with Gasteiger partial charge in [-0.15, -0.1) is 0 Å². The number of anilines is 1. The van der Waals surface area contributed by atoms with Crippen LogP contribution in [0.5, 0.6) is 0 Å². The van der Waals surface area contributed by atoms with Crippen LogP contribution in [-0.4, -0.2) is 12.5 Å². The van der Waals surface area contributed by atoms with Crippen LogP contribution in [0.1, 0.15) is 30.0 Å². The van der Waals surface area contributed by atoms with E-state index >= 15 is 0 Å². The Kier molecular flexibility index (Phi) is 4.97. The van der Waals surface area contributed by atoms with Gasteiger partial charge in [0.05, 0.1) is 11.5 Å². The van der Waals surface area contributed by atoms with Crippen LogP contribution < -0.4 is 10.6 Å². The maximum Gasteiger partial charge on any atom is 0.237 e. The summed E-state index contributed by atoms with van der Waals surface area (Å²) < 4.78 is 14.2. The molecule has 1 unspecified atom stereocenters. The number of hydrogen-bond acceptors (Lipinski definition) is 2. The number of piperidine rings is 1. The molecular formula is C24H21Cl2FN2O. The minimum atomic E-state index is -0.893. The van der Waals surface area contributed by atoms with E-state index in [1.165, 1.54) is 12.1 Å². The van der Waals surface area contributed by atoms with Crippen molar-refractivity contribution in [1.29, 1.82) is 0 Å². The molecule has 154 valence electrons. The molecule has 1 fully saturated rings. The summed E-state index contributed by atoms with van der Waals surface area (Å²) in [7, 11) is 0. The van der Waals surface area contributed by atoms with Gasteiger partial charge in [0.15, 0.2) is 0 Å². The zero-order valence-electron chi connectivity index (χ0n) is 16.2. The third-order valence-corrected chi connectivity index (χ3v) is 7.14. The van der Waals surface area contributed by atoms with Gasteiger partial charge in [0.1, 0.15) is 5.82 Å². The number of halogens is 3. The number of allylic oxidation sites excluding steroid dienone is 4. The van der Waals surface area contributed by atoms with E-state index in [1.54, 1.807) is 12.1 Å². The average Bonchev–Trinajstić information content (AvgIpc) is 2.99. The van der Waals surface area contributed by atoms with Gasteiger partial charge < -0.3 is 10.6 Å². The Hall–Kier alpha value is -2.14. The maximum atomic E-state index is 14.2. The first-order valence-electron chi connectivity index (χ1n) is 10.1. The first kappa shape index (κ1) is 19.8. The van der Waals surface area contributed by atoms with E-state index in [9.17, 15) is 9.18 Å². The molecule has 1 saturated heterocycles. The topological polar surface area (TPSA) is 41.1 Å². The van der Waals surface area contributed by atoms with Crippen LogP contribution in [0.4, 0.5) is 10.1 Å². The van der Waals surface area contributed by atoms with Crippen LogP contribution in [0.3, 0.4) is 0 Å². The van der Waals surface area contributed by atoms with Crippen LogP contribution >= 0.6 is 23.2 Å². The smallest absolute Gasteiger partial charge is 0.237 e. The fourth-order valence-corrected chi connectivity index (χ4v) is 5.96. The van der Waals surface area contributed by atoms with E-state index in [4.69, 9.17) is 23.2 Å². The lowest BCUT2D eigenvalue weighted by molar-refractivity contribution is -0.126. The molecule has 6 heteroatoms. The Morgan fingerprint density at radius 2 is 2.00 bits per heavy atom. The summed E-state index contributed by atoms with van der Waals surface area (Å²) in [6.45, 7) is 0.732. The number of rotatable bonds is 2. The maximum absolute atomic E-state index is 14.2. The lowest BCUT2D eigenvalue weighted by Crippen LogP contribution is -2.57. The Morgan fingerprint density at radius 3 is 2.80 bits per heavy atom. The lowest BCUT2D eigenvalue weighted by atomic mass is 9.57. The second-order valence-corrected chi connectivity index (χ2v) is 9.08. The molecule has 2 aromatic rings. The Labute approximate surface area is 185 Å². The summed E-state index contributed by atoms with van der Waals surface area (Å²) in [5.41, 5.74) is 1.50. The van der Waals surface area contributed by atoms with Crippen LogP contribution in [0.25, 0.3) is 0 Å². The molecule has 4 atom stereocenters. The number of benzene rings is 2. The zero-order valence-corrected chi connectivity index (χ0v) is 17.7. The van der Waals surface area contributed by atoms with E-state index in [0.29, 0.717) is 10.1 Å². The van der Waals surface area contributed by atoms with E-state index in [0.717, 1.165) is 36.2 Å². The van der Waals surface area contributed by atoms with Crippen LogP contribution in [0, 0.1) is 17.7 Å². The summed E-state index contributed by atoms with van der Waals surface area (Å²) >= 11 is 12.6. The molecule has 30 heavy (non-hydrogen) atoms. The highest BCUT2D eigenvalue weighted by Gasteiger charge is 2.60. The highest BCUT2D eigenvalue weighted by atomic mass is 35.5. The predicted octanol–water partition coefficient (Wildman–Crippen LogP) is 5.72. The molecule has 3 aliphatic rings. The number of fused-ring (bicyclic) bond motifs is 2. The van der Waals surface area contributed by atoms with Crippen molar-refractivity contribution in [1.82, 2.24) is 5.32 Å². The second-order valence-electron chi connectivity index (χ2n) is 8.20. The first-order valence-corrected chi connectivity index (χ1v) is 10.9. The van der Waals surface area contributed by atoms with Gasteiger partial charge in [-0.25, -0.2) is 4.39 Å². The number of carbonyl (C=O) groups excluding carboxylic acids is 1. The predicted molar refractivity (Wildman–Crippen MR) is 118 cm³/mol. The molecule has 2 aromatic carbocycles. The average molecular weight is 443 g/mol. The van der Waals surface area contributed by atoms with E-state index in [-0.39, 0.29) is 29.6 Å². The number of amides is 1. The zero-order chi connectivity index (χ0) is 20.9. The molecule has 2 N–H and O–H groups in total. The summed E-state index contributed by atoms with van der Waals surface area (Å²) in [6, 6.07) is 11.7. The van der Waals surface area contributed by atoms with Crippen molar-refractivity contribution in [3.05, 3.63) is 87.7 Å². The number of hydrogen-bond donors (Lipinski definition) is 2. The molecule has 3 nitrogen and oxygen atoms in total. The molecule has 1 spiro atoms. The standard InChI is InChI=1S/C24H21Cl2FN2O/c25-16-5-1-3-14(11-16)19-9-10-28-22(15-4-2-6-18(27)12-15)24(19)20-8-7-17(26)13-21(20)29-23(24)30/h1-2,4-8,11-14,19,22,28H,3,9-10H2,(H,29,30)/t14?,19-,22-,24+/m0/s1. The van der Waals surface area contributed by atoms with Gasteiger partial charge in [-0.05, 0) is 72.7 Å². The third kappa shape index (κ3) is 3.01. The highest BCUT2D eigenvalue weighted by Crippen LogP contribution is 2.57.